The fraction of sp³-hybridized carbons (Fsp3) is 0.290. The fourth-order valence-corrected chi connectivity index (χ4v) is 5.13. The molecule has 3 heterocycles. The van der Waals surface area contributed by atoms with E-state index >= 15 is 0 Å². The Morgan fingerprint density at radius 2 is 1.90 bits per heavy atom. The molecule has 2 aromatic carbocycles. The van der Waals surface area contributed by atoms with Gasteiger partial charge in [0.2, 0.25) is 11.9 Å². The molecule has 11 nitrogen and oxygen atoms in total. The fourth-order valence-electron chi connectivity index (χ4n) is 5.13. The van der Waals surface area contributed by atoms with Gasteiger partial charge >= 0.3 is 0 Å². The van der Waals surface area contributed by atoms with Crippen LogP contribution in [0.3, 0.4) is 0 Å². The predicted molar refractivity (Wildman–Crippen MR) is 167 cm³/mol. The maximum atomic E-state index is 13.3. The van der Waals surface area contributed by atoms with Crippen molar-refractivity contribution in [2.45, 2.75) is 6.54 Å². The minimum Gasteiger partial charge on any atom is -0.494 e. The molecule has 0 atom stereocenters. The molecule has 0 saturated heterocycles. The van der Waals surface area contributed by atoms with Crippen LogP contribution in [0, 0.1) is 0 Å². The van der Waals surface area contributed by atoms with Gasteiger partial charge in [-0.1, -0.05) is 24.8 Å². The standard InChI is InChI=1S/C31H36N8O3/c1-7-27(40)33-22-18-23(26(42-6)19-25(22)37(4)15-14-36(2)3)35-31-32-13-12-21(34-31)28-20-10-8-9-11-24(20)39-17-16-38(5)30(41)29(28)39/h7-13,18-19H,1,14-17H2,2-6H3,(H,33,40)(H,32,34,35). The van der Waals surface area contributed by atoms with Crippen molar-refractivity contribution in [3.05, 3.63) is 67.0 Å². The molecule has 0 fully saturated rings. The zero-order valence-corrected chi connectivity index (χ0v) is 24.6. The predicted octanol–water partition coefficient (Wildman–Crippen LogP) is 4.06. The Bertz CT molecular complexity index is 1660. The van der Waals surface area contributed by atoms with Crippen molar-refractivity contribution in [3.8, 4) is 17.0 Å². The molecule has 0 unspecified atom stereocenters. The summed E-state index contributed by atoms with van der Waals surface area (Å²) < 4.78 is 7.81. The molecule has 2 amide bonds. The number of nitrogens with zero attached hydrogens (tertiary/aromatic N) is 6. The molecule has 1 aliphatic heterocycles. The maximum absolute atomic E-state index is 13.3. The quantitative estimate of drug-likeness (QED) is 0.276. The number of carbonyl (C=O) groups excluding carboxylic acids is 2. The Hall–Kier alpha value is -4.90. The largest absolute Gasteiger partial charge is 0.494 e. The zero-order valence-electron chi connectivity index (χ0n) is 24.6. The lowest BCUT2D eigenvalue weighted by atomic mass is 10.1. The van der Waals surface area contributed by atoms with Gasteiger partial charge in [0.05, 0.1) is 29.9 Å². The highest BCUT2D eigenvalue weighted by Crippen LogP contribution is 2.39. The molecular formula is C31H36N8O3. The number of rotatable bonds is 10. The van der Waals surface area contributed by atoms with Gasteiger partial charge < -0.3 is 34.6 Å². The van der Waals surface area contributed by atoms with E-state index in [1.54, 1.807) is 24.3 Å². The number of ether oxygens (including phenoxy) is 1. The van der Waals surface area contributed by atoms with Gasteiger partial charge in [0, 0.05) is 69.0 Å². The minimum absolute atomic E-state index is 0.0428. The van der Waals surface area contributed by atoms with Crippen LogP contribution in [-0.4, -0.2) is 91.1 Å². The first-order chi connectivity index (χ1) is 20.2. The zero-order chi connectivity index (χ0) is 30.0. The normalized spacial score (nSPS) is 12.8. The van der Waals surface area contributed by atoms with Crippen molar-refractivity contribution < 1.29 is 14.3 Å². The molecule has 5 rings (SSSR count). The number of hydrogen-bond donors (Lipinski definition) is 2. The monoisotopic (exact) mass is 568 g/mol. The highest BCUT2D eigenvalue weighted by Gasteiger charge is 2.30. The molecule has 42 heavy (non-hydrogen) atoms. The molecule has 1 aliphatic rings. The number of likely N-dealkylation sites (N-methyl/N-ethyl adjacent to an activating group) is 3. The van der Waals surface area contributed by atoms with E-state index in [9.17, 15) is 9.59 Å². The van der Waals surface area contributed by atoms with Crippen LogP contribution in [0.1, 0.15) is 10.5 Å². The average molecular weight is 569 g/mol. The highest BCUT2D eigenvalue weighted by molar-refractivity contribution is 6.10. The van der Waals surface area contributed by atoms with E-state index in [2.05, 4.69) is 36.6 Å². The van der Waals surface area contributed by atoms with Crippen molar-refractivity contribution in [3.63, 3.8) is 0 Å². The Labute approximate surface area is 245 Å². The number of methoxy groups -OCH3 is 1. The molecule has 0 aliphatic carbocycles. The first-order valence-corrected chi connectivity index (χ1v) is 13.7. The van der Waals surface area contributed by atoms with Crippen LogP contribution in [0.2, 0.25) is 0 Å². The minimum atomic E-state index is -0.327. The molecule has 218 valence electrons. The molecule has 0 saturated carbocycles. The van der Waals surface area contributed by atoms with E-state index in [4.69, 9.17) is 9.72 Å². The Kier molecular flexibility index (Phi) is 8.12. The van der Waals surface area contributed by atoms with Crippen LogP contribution in [0.25, 0.3) is 22.2 Å². The second-order valence-corrected chi connectivity index (χ2v) is 10.5. The van der Waals surface area contributed by atoms with Gasteiger partial charge in [-0.15, -0.1) is 0 Å². The Balaban J connectivity index is 1.56. The van der Waals surface area contributed by atoms with Gasteiger partial charge in [0.1, 0.15) is 11.4 Å². The van der Waals surface area contributed by atoms with Crippen molar-refractivity contribution in [1.29, 1.82) is 0 Å². The lowest BCUT2D eigenvalue weighted by molar-refractivity contribution is -0.111. The number of hydrogen-bond acceptors (Lipinski definition) is 8. The summed E-state index contributed by atoms with van der Waals surface area (Å²) >= 11 is 0. The smallest absolute Gasteiger partial charge is 0.271 e. The van der Waals surface area contributed by atoms with Crippen molar-refractivity contribution in [2.75, 3.05) is 70.5 Å². The van der Waals surface area contributed by atoms with E-state index in [0.717, 1.165) is 35.2 Å². The SMILES string of the molecule is C=CC(=O)Nc1cc(Nc2nccc(-c3c4n(c5ccccc35)CCN(C)C4=O)n2)c(OC)cc1N(C)CCN(C)C. The van der Waals surface area contributed by atoms with Crippen molar-refractivity contribution >= 4 is 45.7 Å². The molecular weight excluding hydrogens is 532 g/mol. The lowest BCUT2D eigenvalue weighted by Gasteiger charge is -2.26. The van der Waals surface area contributed by atoms with Gasteiger partial charge in [-0.25, -0.2) is 9.97 Å². The van der Waals surface area contributed by atoms with E-state index in [1.807, 2.05) is 64.6 Å². The molecule has 0 bridgehead atoms. The number of benzene rings is 2. The van der Waals surface area contributed by atoms with Crippen LogP contribution < -0.4 is 20.3 Å². The maximum Gasteiger partial charge on any atom is 0.271 e. The first kappa shape index (κ1) is 28.6. The van der Waals surface area contributed by atoms with Gasteiger partial charge in [0.15, 0.2) is 0 Å². The third-order valence-electron chi connectivity index (χ3n) is 7.39. The van der Waals surface area contributed by atoms with Crippen LogP contribution in [0.4, 0.5) is 23.0 Å². The first-order valence-electron chi connectivity index (χ1n) is 13.7. The summed E-state index contributed by atoms with van der Waals surface area (Å²) in [7, 11) is 9.39. The number of carbonyl (C=O) groups is 2. The molecule has 2 aromatic heterocycles. The topological polar surface area (TPSA) is 108 Å². The van der Waals surface area contributed by atoms with E-state index in [-0.39, 0.29) is 11.8 Å². The molecule has 11 heteroatoms. The molecule has 0 spiro atoms. The van der Waals surface area contributed by atoms with Crippen molar-refractivity contribution in [2.24, 2.45) is 0 Å². The van der Waals surface area contributed by atoms with E-state index < -0.39 is 0 Å². The third kappa shape index (κ3) is 5.51. The number of fused-ring (bicyclic) bond motifs is 3. The molecule has 0 radical (unpaired) electrons. The second-order valence-electron chi connectivity index (χ2n) is 10.5. The van der Waals surface area contributed by atoms with E-state index in [0.29, 0.717) is 47.5 Å². The summed E-state index contributed by atoms with van der Waals surface area (Å²) in [4.78, 5) is 40.8. The second kappa shape index (κ2) is 11.9. The number of aromatic nitrogens is 3. The van der Waals surface area contributed by atoms with Crippen molar-refractivity contribution in [1.82, 2.24) is 24.3 Å². The Morgan fingerprint density at radius 3 is 2.64 bits per heavy atom. The summed E-state index contributed by atoms with van der Waals surface area (Å²) in [6.45, 7) is 6.50. The van der Waals surface area contributed by atoms with Crippen LogP contribution in [-0.2, 0) is 11.3 Å². The summed E-state index contributed by atoms with van der Waals surface area (Å²) in [6.07, 6.45) is 2.89. The Morgan fingerprint density at radius 1 is 1.12 bits per heavy atom. The van der Waals surface area contributed by atoms with E-state index in [1.165, 1.54) is 6.08 Å². The lowest BCUT2D eigenvalue weighted by Crippen LogP contribution is -2.37. The highest BCUT2D eigenvalue weighted by atomic mass is 16.5. The van der Waals surface area contributed by atoms with Crippen LogP contribution >= 0.6 is 0 Å². The van der Waals surface area contributed by atoms with Crippen LogP contribution in [0.15, 0.2) is 61.3 Å². The average Bonchev–Trinajstić information content (AvgIpc) is 3.33. The number of amides is 2. The van der Waals surface area contributed by atoms with Gasteiger partial charge in [-0.3, -0.25) is 9.59 Å². The summed E-state index contributed by atoms with van der Waals surface area (Å²) in [5.41, 5.74) is 4.96. The molecule has 4 aromatic rings. The molecule has 2 N–H and O–H groups in total. The van der Waals surface area contributed by atoms with Gasteiger partial charge in [-0.05, 0) is 38.4 Å². The summed E-state index contributed by atoms with van der Waals surface area (Å²) in [6, 6.07) is 13.5. The number of anilines is 4. The number of para-hydroxylation sites is 1. The van der Waals surface area contributed by atoms with Gasteiger partial charge in [-0.2, -0.15) is 0 Å². The van der Waals surface area contributed by atoms with Crippen LogP contribution in [0.5, 0.6) is 5.75 Å². The number of nitrogens with one attached hydrogen (secondary N) is 2. The summed E-state index contributed by atoms with van der Waals surface area (Å²) in [5.74, 6) is 0.502. The summed E-state index contributed by atoms with van der Waals surface area (Å²) in [5, 5.41) is 7.13. The third-order valence-corrected chi connectivity index (χ3v) is 7.39. The van der Waals surface area contributed by atoms with Gasteiger partial charge in [0.25, 0.3) is 5.91 Å².